The predicted molar refractivity (Wildman–Crippen MR) is 135 cm³/mol. The van der Waals surface area contributed by atoms with Gasteiger partial charge >= 0.3 is 0 Å². The lowest BCUT2D eigenvalue weighted by Gasteiger charge is -2.11. The summed E-state index contributed by atoms with van der Waals surface area (Å²) in [5.41, 5.74) is 2.06. The number of anilines is 1. The number of aryl methyl sites for hydroxylation is 1. The summed E-state index contributed by atoms with van der Waals surface area (Å²) in [6, 6.07) is 23.7. The lowest BCUT2D eigenvalue weighted by atomic mass is 10.1. The van der Waals surface area contributed by atoms with E-state index in [2.05, 4.69) is 27.6 Å². The van der Waals surface area contributed by atoms with Gasteiger partial charge in [-0.1, -0.05) is 54.2 Å². The third-order valence-corrected chi connectivity index (χ3v) is 6.21. The van der Waals surface area contributed by atoms with Crippen LogP contribution in [0.1, 0.15) is 5.56 Å². The zero-order valence-corrected chi connectivity index (χ0v) is 19.8. The highest BCUT2D eigenvalue weighted by Crippen LogP contribution is 2.27. The Kier molecular flexibility index (Phi) is 7.74. The van der Waals surface area contributed by atoms with Crippen LogP contribution in [0.15, 0.2) is 84.0 Å². The van der Waals surface area contributed by atoms with Crippen molar-refractivity contribution in [2.75, 3.05) is 18.2 Å². The highest BCUT2D eigenvalue weighted by Gasteiger charge is 2.18. The Morgan fingerprint density at radius 3 is 2.46 bits per heavy atom. The number of hydrogen-bond acceptors (Lipinski definition) is 7. The number of carbonyl (C=O) groups is 1. The fourth-order valence-corrected chi connectivity index (χ4v) is 4.26. The quantitative estimate of drug-likeness (QED) is 0.193. The van der Waals surface area contributed by atoms with Crippen LogP contribution in [0.3, 0.4) is 0 Å². The van der Waals surface area contributed by atoms with E-state index in [9.17, 15) is 14.9 Å². The molecule has 3 aromatic carbocycles. The number of para-hydroxylation sites is 2. The van der Waals surface area contributed by atoms with E-state index in [0.717, 1.165) is 17.7 Å². The van der Waals surface area contributed by atoms with Gasteiger partial charge in [0.05, 0.1) is 17.8 Å². The Bertz CT molecular complexity index is 1310. The summed E-state index contributed by atoms with van der Waals surface area (Å²) in [4.78, 5) is 23.3. The van der Waals surface area contributed by atoms with Crippen LogP contribution >= 0.6 is 11.8 Å². The number of carbonyl (C=O) groups excluding carboxylic acids is 1. The van der Waals surface area contributed by atoms with Crippen molar-refractivity contribution in [2.45, 2.75) is 18.1 Å². The molecule has 0 aliphatic carbocycles. The first-order valence-electron chi connectivity index (χ1n) is 10.8. The van der Waals surface area contributed by atoms with Crippen LogP contribution in [0.5, 0.6) is 5.75 Å². The maximum Gasteiger partial charge on any atom is 0.292 e. The number of nitro benzene ring substituents is 1. The molecule has 10 heteroatoms. The number of methoxy groups -OCH3 is 1. The fourth-order valence-electron chi connectivity index (χ4n) is 3.49. The third kappa shape index (κ3) is 6.04. The summed E-state index contributed by atoms with van der Waals surface area (Å²) < 4.78 is 7.23. The second-order valence-corrected chi connectivity index (χ2v) is 8.48. The second-order valence-electron chi connectivity index (χ2n) is 7.53. The maximum atomic E-state index is 12.6. The van der Waals surface area contributed by atoms with E-state index in [-0.39, 0.29) is 23.0 Å². The molecule has 0 spiro atoms. The van der Waals surface area contributed by atoms with Gasteiger partial charge in [-0.25, -0.2) is 0 Å². The van der Waals surface area contributed by atoms with Gasteiger partial charge in [-0.15, -0.1) is 10.2 Å². The van der Waals surface area contributed by atoms with Crippen molar-refractivity contribution in [3.05, 3.63) is 94.5 Å². The zero-order chi connectivity index (χ0) is 24.6. The van der Waals surface area contributed by atoms with Gasteiger partial charge in [0.25, 0.3) is 5.69 Å². The van der Waals surface area contributed by atoms with E-state index >= 15 is 0 Å². The molecule has 0 bridgehead atoms. The first-order chi connectivity index (χ1) is 17.0. The van der Waals surface area contributed by atoms with Crippen LogP contribution in [0.4, 0.5) is 11.4 Å². The van der Waals surface area contributed by atoms with Crippen molar-refractivity contribution in [3.63, 3.8) is 0 Å². The van der Waals surface area contributed by atoms with Crippen molar-refractivity contribution in [3.8, 4) is 17.1 Å². The molecule has 0 aliphatic heterocycles. The molecule has 0 saturated heterocycles. The molecule has 0 atom stereocenters. The average Bonchev–Trinajstić information content (AvgIpc) is 3.29. The van der Waals surface area contributed by atoms with Crippen LogP contribution < -0.4 is 10.1 Å². The van der Waals surface area contributed by atoms with Gasteiger partial charge in [0, 0.05) is 18.2 Å². The van der Waals surface area contributed by atoms with E-state index in [1.165, 1.54) is 29.5 Å². The first kappa shape index (κ1) is 24.0. The van der Waals surface area contributed by atoms with E-state index < -0.39 is 4.92 Å². The number of nitro groups is 1. The highest BCUT2D eigenvalue weighted by molar-refractivity contribution is 7.99. The number of rotatable bonds is 10. The number of hydrogen-bond donors (Lipinski definition) is 1. The van der Waals surface area contributed by atoms with Gasteiger partial charge in [0.15, 0.2) is 11.0 Å². The Labute approximate surface area is 206 Å². The molecule has 0 radical (unpaired) electrons. The molecular weight excluding hydrogens is 466 g/mol. The Morgan fingerprint density at radius 1 is 1.03 bits per heavy atom. The molecule has 0 fully saturated rings. The third-order valence-electron chi connectivity index (χ3n) is 5.24. The van der Waals surface area contributed by atoms with Gasteiger partial charge in [0.1, 0.15) is 11.4 Å². The van der Waals surface area contributed by atoms with Crippen LogP contribution in [0.25, 0.3) is 11.4 Å². The van der Waals surface area contributed by atoms with Crippen LogP contribution in [-0.2, 0) is 17.8 Å². The Balaban J connectivity index is 1.52. The number of thioether (sulfide) groups is 1. The van der Waals surface area contributed by atoms with Crippen LogP contribution in [-0.4, -0.2) is 38.5 Å². The van der Waals surface area contributed by atoms with E-state index in [1.54, 1.807) is 19.2 Å². The molecular formula is C25H23N5O4S. The van der Waals surface area contributed by atoms with Gasteiger partial charge in [-0.2, -0.15) is 0 Å². The summed E-state index contributed by atoms with van der Waals surface area (Å²) in [7, 11) is 1.61. The minimum Gasteiger partial charge on any atom is -0.497 e. The largest absolute Gasteiger partial charge is 0.497 e. The van der Waals surface area contributed by atoms with Crippen molar-refractivity contribution in [1.29, 1.82) is 0 Å². The molecule has 0 aliphatic rings. The zero-order valence-electron chi connectivity index (χ0n) is 19.0. The Hall–Kier alpha value is -4.18. The Morgan fingerprint density at radius 2 is 1.74 bits per heavy atom. The molecule has 4 aromatic rings. The number of amides is 1. The summed E-state index contributed by atoms with van der Waals surface area (Å²) in [6.07, 6.45) is 0.762. The number of ether oxygens (including phenoxy) is 1. The lowest BCUT2D eigenvalue weighted by Crippen LogP contribution is -2.16. The SMILES string of the molecule is COc1ccc(-c2nnc(SCC(=O)Nc3ccccc3[N+](=O)[O-])n2CCc2ccccc2)cc1. The molecule has 1 aromatic heterocycles. The molecule has 0 saturated carbocycles. The minimum absolute atomic E-state index is 0.0259. The monoisotopic (exact) mass is 489 g/mol. The van der Waals surface area contributed by atoms with E-state index in [1.807, 2.05) is 47.0 Å². The summed E-state index contributed by atoms with van der Waals surface area (Å²) >= 11 is 1.23. The molecule has 0 unspecified atom stereocenters. The van der Waals surface area contributed by atoms with E-state index in [4.69, 9.17) is 4.74 Å². The van der Waals surface area contributed by atoms with Gasteiger partial charge < -0.3 is 14.6 Å². The van der Waals surface area contributed by atoms with Gasteiger partial charge in [-0.05, 0) is 42.3 Å². The molecule has 178 valence electrons. The second kappa shape index (κ2) is 11.3. The van der Waals surface area contributed by atoms with Crippen molar-refractivity contribution < 1.29 is 14.5 Å². The van der Waals surface area contributed by atoms with Crippen LogP contribution in [0.2, 0.25) is 0 Å². The first-order valence-corrected chi connectivity index (χ1v) is 11.8. The minimum atomic E-state index is -0.524. The number of benzene rings is 3. The lowest BCUT2D eigenvalue weighted by molar-refractivity contribution is -0.383. The standard InChI is InChI=1S/C25H23N5O4S/c1-34-20-13-11-19(12-14-20)24-27-28-25(29(24)16-15-18-7-3-2-4-8-18)35-17-23(31)26-21-9-5-6-10-22(21)30(32)33/h2-14H,15-17H2,1H3,(H,26,31). The molecule has 9 nitrogen and oxygen atoms in total. The summed E-state index contributed by atoms with van der Waals surface area (Å²) in [6.45, 7) is 0.618. The van der Waals surface area contributed by atoms with Crippen LogP contribution in [0, 0.1) is 10.1 Å². The van der Waals surface area contributed by atoms with E-state index in [0.29, 0.717) is 17.5 Å². The molecule has 35 heavy (non-hydrogen) atoms. The summed E-state index contributed by atoms with van der Waals surface area (Å²) in [5, 5.41) is 23.1. The normalized spacial score (nSPS) is 10.7. The average molecular weight is 490 g/mol. The maximum absolute atomic E-state index is 12.6. The summed E-state index contributed by atoms with van der Waals surface area (Å²) in [5.74, 6) is 1.08. The number of nitrogens with zero attached hydrogens (tertiary/aromatic N) is 4. The van der Waals surface area contributed by atoms with Gasteiger partial charge in [-0.3, -0.25) is 14.9 Å². The molecule has 1 N–H and O–H groups in total. The fraction of sp³-hybridized carbons (Fsp3) is 0.160. The van der Waals surface area contributed by atoms with Crippen molar-refractivity contribution in [1.82, 2.24) is 14.8 Å². The van der Waals surface area contributed by atoms with Gasteiger partial charge in [0.2, 0.25) is 5.91 Å². The topological polar surface area (TPSA) is 112 Å². The predicted octanol–water partition coefficient (Wildman–Crippen LogP) is 4.84. The number of aromatic nitrogens is 3. The molecule has 1 heterocycles. The number of nitrogens with one attached hydrogen (secondary N) is 1. The molecule has 1 amide bonds. The van der Waals surface area contributed by atoms with Crippen molar-refractivity contribution in [2.24, 2.45) is 0 Å². The van der Waals surface area contributed by atoms with Crippen molar-refractivity contribution >= 4 is 29.0 Å². The highest BCUT2D eigenvalue weighted by atomic mass is 32.2. The molecule has 4 rings (SSSR count). The smallest absolute Gasteiger partial charge is 0.292 e.